The zero-order valence-electron chi connectivity index (χ0n) is 6.77. The van der Waals surface area contributed by atoms with Gasteiger partial charge in [0, 0.05) is 11.5 Å². The number of fused-ring (bicyclic) bond motifs is 3. The van der Waals surface area contributed by atoms with Crippen LogP contribution in [0.3, 0.4) is 0 Å². The number of benzene rings is 1. The van der Waals surface area contributed by atoms with Crippen molar-refractivity contribution in [3.63, 3.8) is 0 Å². The maximum atomic E-state index is 5.55. The number of nitrogens with zero attached hydrogens (tertiary/aromatic N) is 2. The lowest BCUT2D eigenvalue weighted by atomic mass is 10.2. The van der Waals surface area contributed by atoms with Crippen molar-refractivity contribution in [2.24, 2.45) is 0 Å². The Balaban J connectivity index is 2.64. The standard InChI is InChI=1S/C10H6N2O/c1-2-4-8-7(3-1)10-9(13-8)5-6-11-12-10/h1-6H. The van der Waals surface area contributed by atoms with E-state index >= 15 is 0 Å². The van der Waals surface area contributed by atoms with Gasteiger partial charge in [-0.15, -0.1) is 5.10 Å². The smallest absolute Gasteiger partial charge is 0.157 e. The monoisotopic (exact) mass is 170 g/mol. The molecule has 3 rings (SSSR count). The minimum absolute atomic E-state index is 0.788. The Bertz CT molecular complexity index is 521. The van der Waals surface area contributed by atoms with Gasteiger partial charge in [-0.1, -0.05) is 12.1 Å². The molecular weight excluding hydrogens is 164 g/mol. The van der Waals surface area contributed by atoms with E-state index in [1.165, 1.54) is 0 Å². The van der Waals surface area contributed by atoms with Crippen molar-refractivity contribution < 1.29 is 4.42 Å². The molecule has 0 aliphatic rings. The molecule has 0 spiro atoms. The zero-order chi connectivity index (χ0) is 8.67. The van der Waals surface area contributed by atoms with Crippen molar-refractivity contribution in [2.45, 2.75) is 0 Å². The minimum atomic E-state index is 0.788. The molecule has 0 saturated carbocycles. The molecule has 0 aliphatic carbocycles. The van der Waals surface area contributed by atoms with Crippen molar-refractivity contribution in [2.75, 3.05) is 0 Å². The Labute approximate surface area is 74.0 Å². The van der Waals surface area contributed by atoms with Crippen LogP contribution >= 0.6 is 0 Å². The third-order valence-corrected chi connectivity index (χ3v) is 2.05. The van der Waals surface area contributed by atoms with Gasteiger partial charge < -0.3 is 4.42 Å². The zero-order valence-corrected chi connectivity index (χ0v) is 6.77. The number of para-hydroxylation sites is 1. The third kappa shape index (κ3) is 0.839. The van der Waals surface area contributed by atoms with Crippen molar-refractivity contribution in [3.05, 3.63) is 36.5 Å². The Morgan fingerprint density at radius 2 is 1.92 bits per heavy atom. The van der Waals surface area contributed by atoms with Crippen LogP contribution in [0.25, 0.3) is 22.1 Å². The van der Waals surface area contributed by atoms with E-state index in [0.717, 1.165) is 22.1 Å². The lowest BCUT2D eigenvalue weighted by molar-refractivity contribution is 0.667. The van der Waals surface area contributed by atoms with E-state index in [4.69, 9.17) is 4.42 Å². The molecular formula is C10H6N2O. The molecule has 3 aromatic rings. The van der Waals surface area contributed by atoms with Crippen molar-refractivity contribution in [1.82, 2.24) is 10.2 Å². The van der Waals surface area contributed by atoms with Gasteiger partial charge in [-0.05, 0) is 12.1 Å². The largest absolute Gasteiger partial charge is 0.454 e. The van der Waals surface area contributed by atoms with E-state index in [2.05, 4.69) is 10.2 Å². The van der Waals surface area contributed by atoms with Gasteiger partial charge in [0.05, 0.1) is 6.20 Å². The molecule has 0 amide bonds. The fourth-order valence-electron chi connectivity index (χ4n) is 1.46. The van der Waals surface area contributed by atoms with E-state index in [9.17, 15) is 0 Å². The van der Waals surface area contributed by atoms with E-state index < -0.39 is 0 Å². The van der Waals surface area contributed by atoms with Crippen LogP contribution in [0.15, 0.2) is 40.9 Å². The number of hydrogen-bond donors (Lipinski definition) is 0. The van der Waals surface area contributed by atoms with Crippen molar-refractivity contribution in [3.8, 4) is 0 Å². The van der Waals surface area contributed by atoms with Crippen molar-refractivity contribution >= 4 is 22.1 Å². The van der Waals surface area contributed by atoms with Gasteiger partial charge in [0.2, 0.25) is 0 Å². The van der Waals surface area contributed by atoms with E-state index in [1.54, 1.807) is 6.20 Å². The van der Waals surface area contributed by atoms with E-state index in [1.807, 2.05) is 30.3 Å². The van der Waals surface area contributed by atoms with Gasteiger partial charge in [0.1, 0.15) is 11.1 Å². The Kier molecular flexibility index (Phi) is 1.16. The van der Waals surface area contributed by atoms with Gasteiger partial charge in [0.15, 0.2) is 5.58 Å². The Morgan fingerprint density at radius 1 is 1.00 bits per heavy atom. The van der Waals surface area contributed by atoms with Crippen LogP contribution in [0.5, 0.6) is 0 Å². The number of rotatable bonds is 0. The molecule has 0 atom stereocenters. The van der Waals surface area contributed by atoms with Gasteiger partial charge in [-0.3, -0.25) is 0 Å². The summed E-state index contributed by atoms with van der Waals surface area (Å²) in [4.78, 5) is 0. The number of aromatic nitrogens is 2. The topological polar surface area (TPSA) is 38.9 Å². The van der Waals surface area contributed by atoms with Crippen LogP contribution in [0.4, 0.5) is 0 Å². The molecule has 62 valence electrons. The second-order valence-electron chi connectivity index (χ2n) is 2.84. The summed E-state index contributed by atoms with van der Waals surface area (Å²) in [5.41, 5.74) is 2.48. The highest BCUT2D eigenvalue weighted by Gasteiger charge is 2.05. The van der Waals surface area contributed by atoms with Crippen LogP contribution in [0.2, 0.25) is 0 Å². The van der Waals surface area contributed by atoms with Crippen molar-refractivity contribution in [1.29, 1.82) is 0 Å². The third-order valence-electron chi connectivity index (χ3n) is 2.05. The maximum Gasteiger partial charge on any atom is 0.157 e. The predicted octanol–water partition coefficient (Wildman–Crippen LogP) is 2.38. The number of hydrogen-bond acceptors (Lipinski definition) is 3. The molecule has 3 heteroatoms. The van der Waals surface area contributed by atoms with Crippen LogP contribution in [0, 0.1) is 0 Å². The average Bonchev–Trinajstić information content (AvgIpc) is 2.56. The summed E-state index contributed by atoms with van der Waals surface area (Å²) >= 11 is 0. The Morgan fingerprint density at radius 3 is 2.92 bits per heavy atom. The Hall–Kier alpha value is -1.90. The second-order valence-corrected chi connectivity index (χ2v) is 2.84. The molecule has 0 unspecified atom stereocenters. The summed E-state index contributed by atoms with van der Waals surface area (Å²) in [5.74, 6) is 0. The van der Waals surface area contributed by atoms with Crippen LogP contribution in [-0.2, 0) is 0 Å². The van der Waals surface area contributed by atoms with Gasteiger partial charge in [0.25, 0.3) is 0 Å². The quantitative estimate of drug-likeness (QED) is 0.520. The van der Waals surface area contributed by atoms with Crippen LogP contribution in [-0.4, -0.2) is 10.2 Å². The molecule has 0 bridgehead atoms. The lowest BCUT2D eigenvalue weighted by Crippen LogP contribution is -1.76. The van der Waals surface area contributed by atoms with E-state index in [0.29, 0.717) is 0 Å². The summed E-state index contributed by atoms with van der Waals surface area (Å²) in [6.07, 6.45) is 1.63. The molecule has 0 aliphatic heterocycles. The van der Waals surface area contributed by atoms with E-state index in [-0.39, 0.29) is 0 Å². The highest BCUT2D eigenvalue weighted by Crippen LogP contribution is 2.25. The highest BCUT2D eigenvalue weighted by molar-refractivity contribution is 6.01. The second kappa shape index (κ2) is 2.29. The van der Waals surface area contributed by atoms with Gasteiger partial charge in [-0.2, -0.15) is 5.10 Å². The summed E-state index contributed by atoms with van der Waals surface area (Å²) in [6.45, 7) is 0. The summed E-state index contributed by atoms with van der Waals surface area (Å²) < 4.78 is 5.55. The number of furan rings is 1. The predicted molar refractivity (Wildman–Crippen MR) is 49.3 cm³/mol. The van der Waals surface area contributed by atoms with Crippen LogP contribution < -0.4 is 0 Å². The summed E-state index contributed by atoms with van der Waals surface area (Å²) in [6, 6.07) is 9.64. The molecule has 2 aromatic heterocycles. The first kappa shape index (κ1) is 6.60. The minimum Gasteiger partial charge on any atom is -0.454 e. The average molecular weight is 170 g/mol. The SMILES string of the molecule is c1ccc2c(c1)oc1ccnnc12. The highest BCUT2D eigenvalue weighted by atomic mass is 16.3. The molecule has 0 N–H and O–H groups in total. The van der Waals surface area contributed by atoms with Gasteiger partial charge >= 0.3 is 0 Å². The first-order chi connectivity index (χ1) is 6.45. The summed E-state index contributed by atoms with van der Waals surface area (Å²) in [5, 5.41) is 8.87. The van der Waals surface area contributed by atoms with Crippen LogP contribution in [0.1, 0.15) is 0 Å². The fraction of sp³-hybridized carbons (Fsp3) is 0. The molecule has 0 saturated heterocycles. The maximum absolute atomic E-state index is 5.55. The lowest BCUT2D eigenvalue weighted by Gasteiger charge is -1.83. The molecule has 3 nitrogen and oxygen atoms in total. The normalized spacial score (nSPS) is 11.1. The first-order valence-electron chi connectivity index (χ1n) is 4.04. The fourth-order valence-corrected chi connectivity index (χ4v) is 1.46. The summed E-state index contributed by atoms with van der Waals surface area (Å²) in [7, 11) is 0. The molecule has 0 radical (unpaired) electrons. The molecule has 2 heterocycles. The first-order valence-corrected chi connectivity index (χ1v) is 4.04. The molecule has 13 heavy (non-hydrogen) atoms. The van der Waals surface area contributed by atoms with Gasteiger partial charge in [-0.25, -0.2) is 0 Å². The molecule has 0 fully saturated rings. The molecule has 1 aromatic carbocycles.